The summed E-state index contributed by atoms with van der Waals surface area (Å²) in [4.78, 5) is 11.1. The van der Waals surface area contributed by atoms with Crippen LogP contribution >= 0.6 is 0 Å². The van der Waals surface area contributed by atoms with Gasteiger partial charge in [-0.3, -0.25) is 4.79 Å². The minimum absolute atomic E-state index is 0.287. The molecule has 5 fully saturated rings. The number of allylic oxidation sites excluding steroid dienone is 2. The average Bonchev–Trinajstić information content (AvgIpc) is 3.24. The van der Waals surface area contributed by atoms with Crippen LogP contribution in [0.4, 0.5) is 0 Å². The smallest absolute Gasteiger partial charge is 0.306 e. The zero-order chi connectivity index (χ0) is 22.2. The lowest BCUT2D eigenvalue weighted by Crippen LogP contribution is -2.57. The molecule has 0 unspecified atom stereocenters. The third-order valence-electron chi connectivity index (χ3n) is 11.9. The molecule has 174 valence electrons. The van der Waals surface area contributed by atoms with Crippen LogP contribution < -0.4 is 0 Å². The van der Waals surface area contributed by atoms with Gasteiger partial charge in [0, 0.05) is 12.5 Å². The number of carbonyl (C=O) groups is 1. The largest absolute Gasteiger partial charge is 0.481 e. The third kappa shape index (κ3) is 2.90. The summed E-state index contributed by atoms with van der Waals surface area (Å²) in [6.45, 7) is 9.46. The molecule has 0 aromatic rings. The van der Waals surface area contributed by atoms with E-state index >= 15 is 0 Å². The van der Waals surface area contributed by atoms with Gasteiger partial charge in [-0.05, 0) is 104 Å². The second-order valence-corrected chi connectivity index (χ2v) is 12.7. The average molecular weight is 429 g/mol. The minimum Gasteiger partial charge on any atom is -0.481 e. The van der Waals surface area contributed by atoms with Crippen molar-refractivity contribution >= 4 is 5.97 Å². The fraction of sp³-hybridized carbons (Fsp3) is 0.893. The number of carboxylic acids is 1. The zero-order valence-corrected chi connectivity index (χ0v) is 20.4. The summed E-state index contributed by atoms with van der Waals surface area (Å²) in [5.74, 6) is 3.83. The molecule has 3 nitrogen and oxygen atoms in total. The Labute approximate surface area is 189 Å². The molecule has 3 heteroatoms. The highest BCUT2D eigenvalue weighted by Gasteiger charge is 2.77. The van der Waals surface area contributed by atoms with Crippen LogP contribution in [-0.4, -0.2) is 24.3 Å². The molecule has 1 N–H and O–H groups in total. The van der Waals surface area contributed by atoms with Crippen molar-refractivity contribution in [2.45, 2.75) is 91.6 Å². The molecule has 5 aliphatic carbocycles. The van der Waals surface area contributed by atoms with Crippen molar-refractivity contribution in [2.24, 2.45) is 57.7 Å². The molecule has 0 heterocycles. The fourth-order valence-corrected chi connectivity index (χ4v) is 10.2. The van der Waals surface area contributed by atoms with Gasteiger partial charge >= 0.3 is 5.97 Å². The van der Waals surface area contributed by atoms with Gasteiger partial charge in [0.05, 0.1) is 12.0 Å². The summed E-state index contributed by atoms with van der Waals surface area (Å²) in [6, 6.07) is 0. The summed E-state index contributed by atoms with van der Waals surface area (Å²) in [5.41, 5.74) is 1.47. The van der Waals surface area contributed by atoms with E-state index in [-0.39, 0.29) is 5.92 Å². The maximum Gasteiger partial charge on any atom is 0.306 e. The number of ether oxygens (including phenoxy) is 1. The van der Waals surface area contributed by atoms with Crippen molar-refractivity contribution in [1.82, 2.24) is 0 Å². The third-order valence-corrected chi connectivity index (χ3v) is 11.9. The van der Waals surface area contributed by atoms with E-state index in [0.717, 1.165) is 29.6 Å². The number of hydrogen-bond donors (Lipinski definition) is 1. The first-order valence-corrected chi connectivity index (χ1v) is 13.1. The molecule has 0 bridgehead atoms. The van der Waals surface area contributed by atoms with Crippen LogP contribution in [0.5, 0.6) is 0 Å². The molecule has 0 aromatic carbocycles. The maximum absolute atomic E-state index is 11.1. The molecular weight excluding hydrogens is 384 g/mol. The van der Waals surface area contributed by atoms with Crippen LogP contribution in [0.15, 0.2) is 12.2 Å². The number of rotatable bonds is 6. The zero-order valence-electron chi connectivity index (χ0n) is 20.4. The van der Waals surface area contributed by atoms with Gasteiger partial charge in [-0.25, -0.2) is 0 Å². The van der Waals surface area contributed by atoms with Gasteiger partial charge < -0.3 is 9.84 Å². The van der Waals surface area contributed by atoms with Crippen LogP contribution in [0.3, 0.4) is 0 Å². The summed E-state index contributed by atoms with van der Waals surface area (Å²) < 4.78 is 6.26. The first-order valence-electron chi connectivity index (χ1n) is 13.1. The number of fused-ring (bicyclic) bond motifs is 4. The monoisotopic (exact) mass is 428 g/mol. The maximum atomic E-state index is 11.1. The lowest BCUT2D eigenvalue weighted by Gasteiger charge is -2.61. The molecule has 1 spiro atoms. The molecule has 11 atom stereocenters. The molecule has 0 aromatic heterocycles. The lowest BCUT2D eigenvalue weighted by atomic mass is 9.45. The van der Waals surface area contributed by atoms with Crippen LogP contribution in [0.25, 0.3) is 0 Å². The highest BCUT2D eigenvalue weighted by Crippen LogP contribution is 2.82. The minimum atomic E-state index is -0.690. The molecule has 31 heavy (non-hydrogen) atoms. The molecular formula is C28H44O3. The van der Waals surface area contributed by atoms with Crippen LogP contribution in [0, 0.1) is 57.7 Å². The summed E-state index contributed by atoms with van der Waals surface area (Å²) >= 11 is 0. The van der Waals surface area contributed by atoms with Crippen LogP contribution in [0.2, 0.25) is 0 Å². The van der Waals surface area contributed by atoms with Gasteiger partial charge in [0.15, 0.2) is 0 Å². The van der Waals surface area contributed by atoms with Crippen LogP contribution in [-0.2, 0) is 9.53 Å². The quantitative estimate of drug-likeness (QED) is 0.486. The Morgan fingerprint density at radius 2 is 1.90 bits per heavy atom. The Kier molecular flexibility index (Phi) is 5.20. The van der Waals surface area contributed by atoms with E-state index in [1.54, 1.807) is 0 Å². The number of carboxylic acid groups (broad SMARTS) is 1. The lowest BCUT2D eigenvalue weighted by molar-refractivity contribution is -0.160. The fourth-order valence-electron chi connectivity index (χ4n) is 10.2. The van der Waals surface area contributed by atoms with E-state index in [0.29, 0.717) is 34.7 Å². The van der Waals surface area contributed by atoms with Crippen molar-refractivity contribution in [3.63, 3.8) is 0 Å². The molecule has 0 saturated heterocycles. The molecule has 0 aliphatic heterocycles. The Hall–Kier alpha value is -0.830. The van der Waals surface area contributed by atoms with Gasteiger partial charge in [0.25, 0.3) is 0 Å². The van der Waals surface area contributed by atoms with Gasteiger partial charge in [-0.1, -0.05) is 39.8 Å². The van der Waals surface area contributed by atoms with E-state index < -0.39 is 5.97 Å². The second-order valence-electron chi connectivity index (χ2n) is 12.7. The molecule has 5 rings (SSSR count). The Bertz CT molecular complexity index is 759. The van der Waals surface area contributed by atoms with Crippen molar-refractivity contribution < 1.29 is 14.6 Å². The SMILES string of the molecule is CO[C@@H]1C[C@H]2[C@@H]3CC[C@H]([C@H](C)/C=C/C[C@H](C)C(=O)O)[C@@]3(C)CC[C@@H]2[C@@]2(C)CC[C@@H]3C[C@]312. The van der Waals surface area contributed by atoms with Gasteiger partial charge in [-0.2, -0.15) is 0 Å². The summed E-state index contributed by atoms with van der Waals surface area (Å²) in [6.07, 6.45) is 16.8. The van der Waals surface area contributed by atoms with Gasteiger partial charge in [0.1, 0.15) is 0 Å². The van der Waals surface area contributed by atoms with E-state index in [9.17, 15) is 4.79 Å². The Morgan fingerprint density at radius 1 is 1.13 bits per heavy atom. The van der Waals surface area contributed by atoms with Gasteiger partial charge in [0.2, 0.25) is 0 Å². The number of hydrogen-bond acceptors (Lipinski definition) is 2. The van der Waals surface area contributed by atoms with Crippen molar-refractivity contribution in [3.05, 3.63) is 12.2 Å². The van der Waals surface area contributed by atoms with E-state index in [4.69, 9.17) is 9.84 Å². The number of methoxy groups -OCH3 is 1. The Balaban J connectivity index is 1.34. The normalized spacial score (nSPS) is 52.2. The number of aliphatic carboxylic acids is 1. The van der Waals surface area contributed by atoms with Crippen molar-refractivity contribution in [2.75, 3.05) is 7.11 Å². The summed E-state index contributed by atoms with van der Waals surface area (Å²) in [7, 11) is 1.98. The van der Waals surface area contributed by atoms with Crippen molar-refractivity contribution in [3.8, 4) is 0 Å². The molecule has 5 saturated carbocycles. The van der Waals surface area contributed by atoms with Gasteiger partial charge in [-0.15, -0.1) is 0 Å². The Morgan fingerprint density at radius 3 is 2.58 bits per heavy atom. The topological polar surface area (TPSA) is 46.5 Å². The first kappa shape index (κ1) is 22.0. The highest BCUT2D eigenvalue weighted by atomic mass is 16.5. The molecule has 0 radical (unpaired) electrons. The first-order chi connectivity index (χ1) is 14.7. The summed E-state index contributed by atoms with van der Waals surface area (Å²) in [5, 5.41) is 9.17. The molecule has 0 amide bonds. The van der Waals surface area contributed by atoms with Crippen LogP contribution in [0.1, 0.15) is 85.5 Å². The highest BCUT2D eigenvalue weighted by molar-refractivity contribution is 5.69. The predicted octanol–water partition coefficient (Wildman–Crippen LogP) is 6.57. The van der Waals surface area contributed by atoms with Crippen molar-refractivity contribution in [1.29, 1.82) is 0 Å². The molecule has 5 aliphatic rings. The van der Waals surface area contributed by atoms with E-state index in [2.05, 4.69) is 32.9 Å². The predicted molar refractivity (Wildman–Crippen MR) is 124 cm³/mol. The standard InChI is InChI=1S/C28H44O3/c1-17(7-6-8-18(2)25(29)30)21-9-10-22-20-15-24(31-5)28-16-19(28)11-14-27(28,4)23(20)12-13-26(21,22)3/h6-7,17-24H,8-16H2,1-5H3,(H,29,30)/b7-6+/t17-,18+,19-,20+,21-,22+,23+,24-,26-,27-,28+/m1/s1. The van der Waals surface area contributed by atoms with E-state index in [1.807, 2.05) is 14.0 Å². The van der Waals surface area contributed by atoms with E-state index in [1.165, 1.54) is 51.4 Å². The second kappa shape index (κ2) is 7.34.